The molecule has 1 aromatic rings. The van der Waals surface area contributed by atoms with E-state index in [0.717, 1.165) is 37.4 Å². The number of aryl methyl sites for hydroxylation is 1. The van der Waals surface area contributed by atoms with Crippen LogP contribution in [0, 0.1) is 6.92 Å². The van der Waals surface area contributed by atoms with Gasteiger partial charge in [0.05, 0.1) is 6.54 Å². The summed E-state index contributed by atoms with van der Waals surface area (Å²) in [5.74, 6) is -0.0394. The van der Waals surface area contributed by atoms with E-state index in [-0.39, 0.29) is 18.5 Å². The second-order valence-electron chi connectivity index (χ2n) is 5.36. The zero-order chi connectivity index (χ0) is 15.2. The predicted molar refractivity (Wildman–Crippen MR) is 82.3 cm³/mol. The van der Waals surface area contributed by atoms with E-state index >= 15 is 0 Å². The minimum Gasteiger partial charge on any atom is -0.339 e. The Bertz CT molecular complexity index is 510. The van der Waals surface area contributed by atoms with Crippen molar-refractivity contribution in [3.8, 4) is 0 Å². The minimum absolute atomic E-state index is 0.0291. The van der Waals surface area contributed by atoms with E-state index in [4.69, 9.17) is 0 Å². The Balaban J connectivity index is 1.75. The first kappa shape index (κ1) is 15.3. The van der Waals surface area contributed by atoms with Crippen molar-refractivity contribution in [3.05, 3.63) is 29.8 Å². The minimum atomic E-state index is -0.358. The van der Waals surface area contributed by atoms with Crippen molar-refractivity contribution in [2.45, 2.75) is 6.92 Å². The maximum absolute atomic E-state index is 12.0. The Morgan fingerprint density at radius 1 is 1.19 bits per heavy atom. The summed E-state index contributed by atoms with van der Waals surface area (Å²) in [5, 5.41) is 5.32. The molecule has 0 spiro atoms. The van der Waals surface area contributed by atoms with Gasteiger partial charge in [-0.05, 0) is 31.7 Å². The maximum Gasteiger partial charge on any atom is 0.319 e. The standard InChI is InChI=1S/C15H22N4O2/c1-12-4-3-5-13(10-12)17-15(21)16-11-14(20)19-8-6-18(2)7-9-19/h3-5,10H,6-9,11H2,1-2H3,(H2,16,17,21). The number of urea groups is 1. The number of benzene rings is 1. The number of likely N-dealkylation sites (N-methyl/N-ethyl adjacent to an activating group) is 1. The van der Waals surface area contributed by atoms with Crippen LogP contribution in [-0.2, 0) is 4.79 Å². The molecule has 6 nitrogen and oxygen atoms in total. The third kappa shape index (κ3) is 4.75. The van der Waals surface area contributed by atoms with Crippen LogP contribution in [0.1, 0.15) is 5.56 Å². The molecule has 1 aliphatic heterocycles. The highest BCUT2D eigenvalue weighted by Crippen LogP contribution is 2.08. The molecule has 1 aromatic carbocycles. The van der Waals surface area contributed by atoms with Gasteiger partial charge in [0.2, 0.25) is 5.91 Å². The number of piperazine rings is 1. The molecule has 0 aromatic heterocycles. The number of hydrogen-bond donors (Lipinski definition) is 2. The monoisotopic (exact) mass is 290 g/mol. The zero-order valence-corrected chi connectivity index (χ0v) is 12.6. The Morgan fingerprint density at radius 3 is 2.57 bits per heavy atom. The molecular formula is C15H22N4O2. The molecule has 1 heterocycles. The van der Waals surface area contributed by atoms with Crippen LogP contribution < -0.4 is 10.6 Å². The molecule has 1 saturated heterocycles. The first-order valence-electron chi connectivity index (χ1n) is 7.12. The number of anilines is 1. The summed E-state index contributed by atoms with van der Waals surface area (Å²) in [6, 6.07) is 7.17. The van der Waals surface area contributed by atoms with Gasteiger partial charge in [-0.15, -0.1) is 0 Å². The first-order valence-corrected chi connectivity index (χ1v) is 7.12. The van der Waals surface area contributed by atoms with E-state index in [1.165, 1.54) is 0 Å². The summed E-state index contributed by atoms with van der Waals surface area (Å²) in [6.07, 6.45) is 0. The Hall–Kier alpha value is -2.08. The Labute approximate surface area is 125 Å². The van der Waals surface area contributed by atoms with Gasteiger partial charge >= 0.3 is 6.03 Å². The van der Waals surface area contributed by atoms with Gasteiger partial charge in [0.1, 0.15) is 0 Å². The molecule has 3 amide bonds. The summed E-state index contributed by atoms with van der Waals surface area (Å²) >= 11 is 0. The average molecular weight is 290 g/mol. The molecular weight excluding hydrogens is 268 g/mol. The second kappa shape index (κ2) is 7.08. The smallest absolute Gasteiger partial charge is 0.319 e. The number of nitrogens with one attached hydrogen (secondary N) is 2. The van der Waals surface area contributed by atoms with Crippen LogP contribution in [0.3, 0.4) is 0 Å². The van der Waals surface area contributed by atoms with Crippen LogP contribution in [0.4, 0.5) is 10.5 Å². The number of hydrogen-bond acceptors (Lipinski definition) is 3. The topological polar surface area (TPSA) is 64.7 Å². The number of carbonyl (C=O) groups is 2. The fourth-order valence-electron chi connectivity index (χ4n) is 2.22. The van der Waals surface area contributed by atoms with E-state index in [1.807, 2.05) is 38.2 Å². The molecule has 114 valence electrons. The molecule has 0 atom stereocenters. The van der Waals surface area contributed by atoms with Crippen molar-refractivity contribution in [3.63, 3.8) is 0 Å². The van der Waals surface area contributed by atoms with Gasteiger partial charge in [-0.25, -0.2) is 4.79 Å². The molecule has 0 aliphatic carbocycles. The Morgan fingerprint density at radius 2 is 1.90 bits per heavy atom. The lowest BCUT2D eigenvalue weighted by Crippen LogP contribution is -2.50. The van der Waals surface area contributed by atoms with Crippen molar-refractivity contribution in [1.82, 2.24) is 15.1 Å². The number of rotatable bonds is 3. The molecule has 1 aliphatic rings. The van der Waals surface area contributed by atoms with Crippen LogP contribution in [0.5, 0.6) is 0 Å². The Kier molecular flexibility index (Phi) is 5.16. The fraction of sp³-hybridized carbons (Fsp3) is 0.467. The highest BCUT2D eigenvalue weighted by atomic mass is 16.2. The highest BCUT2D eigenvalue weighted by Gasteiger charge is 2.19. The van der Waals surface area contributed by atoms with Crippen LogP contribution in [0.25, 0.3) is 0 Å². The van der Waals surface area contributed by atoms with E-state index in [2.05, 4.69) is 15.5 Å². The fourth-order valence-corrected chi connectivity index (χ4v) is 2.22. The molecule has 0 radical (unpaired) electrons. The third-order valence-corrected chi connectivity index (χ3v) is 3.53. The van der Waals surface area contributed by atoms with Gasteiger partial charge in [0.25, 0.3) is 0 Å². The van der Waals surface area contributed by atoms with Gasteiger partial charge in [-0.2, -0.15) is 0 Å². The number of nitrogens with zero attached hydrogens (tertiary/aromatic N) is 2. The van der Waals surface area contributed by atoms with Gasteiger partial charge in [0.15, 0.2) is 0 Å². The van der Waals surface area contributed by atoms with Gasteiger partial charge in [-0.1, -0.05) is 12.1 Å². The predicted octanol–water partition coefficient (Wildman–Crippen LogP) is 0.891. The molecule has 0 unspecified atom stereocenters. The third-order valence-electron chi connectivity index (χ3n) is 3.53. The zero-order valence-electron chi connectivity index (χ0n) is 12.6. The van der Waals surface area contributed by atoms with E-state index in [0.29, 0.717) is 0 Å². The summed E-state index contributed by atoms with van der Waals surface area (Å²) < 4.78 is 0. The van der Waals surface area contributed by atoms with Crippen LogP contribution in [0.2, 0.25) is 0 Å². The number of amides is 3. The lowest BCUT2D eigenvalue weighted by molar-refractivity contribution is -0.131. The van der Waals surface area contributed by atoms with E-state index in [9.17, 15) is 9.59 Å². The van der Waals surface area contributed by atoms with Crippen LogP contribution in [0.15, 0.2) is 24.3 Å². The molecule has 0 saturated carbocycles. The lowest BCUT2D eigenvalue weighted by atomic mass is 10.2. The normalized spacial score (nSPS) is 15.6. The molecule has 1 fully saturated rings. The molecule has 21 heavy (non-hydrogen) atoms. The molecule has 6 heteroatoms. The molecule has 2 N–H and O–H groups in total. The SMILES string of the molecule is Cc1cccc(NC(=O)NCC(=O)N2CCN(C)CC2)c1. The van der Waals surface area contributed by atoms with Crippen molar-refractivity contribution in [2.24, 2.45) is 0 Å². The van der Waals surface area contributed by atoms with Crippen LogP contribution in [-0.4, -0.2) is 61.5 Å². The summed E-state index contributed by atoms with van der Waals surface area (Å²) in [4.78, 5) is 27.7. The lowest BCUT2D eigenvalue weighted by Gasteiger charge is -2.32. The van der Waals surface area contributed by atoms with Crippen molar-refractivity contribution >= 4 is 17.6 Å². The van der Waals surface area contributed by atoms with Crippen molar-refractivity contribution in [2.75, 3.05) is 45.1 Å². The quantitative estimate of drug-likeness (QED) is 0.869. The van der Waals surface area contributed by atoms with E-state index in [1.54, 1.807) is 4.90 Å². The average Bonchev–Trinajstić information content (AvgIpc) is 2.45. The molecule has 0 bridgehead atoms. The van der Waals surface area contributed by atoms with Crippen molar-refractivity contribution < 1.29 is 9.59 Å². The highest BCUT2D eigenvalue weighted by molar-refractivity contribution is 5.92. The van der Waals surface area contributed by atoms with Crippen molar-refractivity contribution in [1.29, 1.82) is 0 Å². The summed E-state index contributed by atoms with van der Waals surface area (Å²) in [6.45, 7) is 5.18. The van der Waals surface area contributed by atoms with E-state index < -0.39 is 0 Å². The molecule has 2 rings (SSSR count). The largest absolute Gasteiger partial charge is 0.339 e. The van der Waals surface area contributed by atoms with Crippen LogP contribution >= 0.6 is 0 Å². The second-order valence-corrected chi connectivity index (χ2v) is 5.36. The first-order chi connectivity index (χ1) is 10.0. The number of carbonyl (C=O) groups excluding carboxylic acids is 2. The maximum atomic E-state index is 12.0. The van der Waals surface area contributed by atoms with Gasteiger partial charge < -0.3 is 20.4 Å². The summed E-state index contributed by atoms with van der Waals surface area (Å²) in [5.41, 5.74) is 1.79. The summed E-state index contributed by atoms with van der Waals surface area (Å²) in [7, 11) is 2.04. The van der Waals surface area contributed by atoms with Gasteiger partial charge in [-0.3, -0.25) is 4.79 Å². The van der Waals surface area contributed by atoms with Gasteiger partial charge in [0, 0.05) is 31.9 Å².